The Balaban J connectivity index is 1.98. The summed E-state index contributed by atoms with van der Waals surface area (Å²) in [6, 6.07) is 9.88. The lowest BCUT2D eigenvalue weighted by Gasteiger charge is -2.28. The summed E-state index contributed by atoms with van der Waals surface area (Å²) in [4.78, 5) is 0. The molecule has 2 aromatic rings. The van der Waals surface area contributed by atoms with Crippen molar-refractivity contribution in [2.24, 2.45) is 0 Å². The smallest absolute Gasteiger partial charge is 0.161 e. The van der Waals surface area contributed by atoms with Crippen molar-refractivity contribution in [2.45, 2.75) is 18.9 Å². The normalized spacial score (nSPS) is 16.8. The Morgan fingerprint density at radius 3 is 2.39 bits per heavy atom. The van der Waals surface area contributed by atoms with E-state index in [1.54, 1.807) is 14.2 Å². The minimum Gasteiger partial charge on any atom is -0.493 e. The monoisotopic (exact) mass is 351 g/mol. The van der Waals surface area contributed by atoms with E-state index in [-0.39, 0.29) is 6.04 Å². The third-order valence-electron chi connectivity index (χ3n) is 4.28. The molecule has 0 aromatic heterocycles. The molecule has 0 saturated carbocycles. The van der Waals surface area contributed by atoms with Crippen molar-refractivity contribution in [1.29, 1.82) is 0 Å². The number of benzene rings is 2. The van der Waals surface area contributed by atoms with Crippen LogP contribution in [0.4, 0.5) is 0 Å². The van der Waals surface area contributed by atoms with E-state index in [0.29, 0.717) is 10.0 Å². The first-order valence-electron chi connectivity index (χ1n) is 7.55. The van der Waals surface area contributed by atoms with Gasteiger partial charge in [0.25, 0.3) is 0 Å². The molecule has 0 saturated heterocycles. The maximum atomic E-state index is 6.33. The van der Waals surface area contributed by atoms with Crippen LogP contribution in [0.1, 0.15) is 22.7 Å². The Morgan fingerprint density at radius 1 is 1.09 bits per heavy atom. The van der Waals surface area contributed by atoms with Gasteiger partial charge in [0.15, 0.2) is 11.5 Å². The van der Waals surface area contributed by atoms with Crippen molar-refractivity contribution in [3.8, 4) is 11.5 Å². The van der Waals surface area contributed by atoms with E-state index in [9.17, 15) is 0 Å². The van der Waals surface area contributed by atoms with Crippen molar-refractivity contribution in [3.05, 3.63) is 57.1 Å². The summed E-state index contributed by atoms with van der Waals surface area (Å²) < 4.78 is 10.8. The van der Waals surface area contributed by atoms with Crippen molar-refractivity contribution < 1.29 is 9.47 Å². The molecule has 0 radical (unpaired) electrons. The average molecular weight is 352 g/mol. The minimum atomic E-state index is 0.149. The SMILES string of the molecule is COc1cc2c(cc1OC)C(Cc1c(Cl)cccc1Cl)NCC2. The molecule has 1 aliphatic rings. The van der Waals surface area contributed by atoms with Gasteiger partial charge in [0.05, 0.1) is 14.2 Å². The molecule has 0 fully saturated rings. The summed E-state index contributed by atoms with van der Waals surface area (Å²) in [5.74, 6) is 1.51. The number of fused-ring (bicyclic) bond motifs is 1. The Labute approximate surface area is 146 Å². The second-order valence-corrected chi connectivity index (χ2v) is 6.38. The maximum Gasteiger partial charge on any atom is 0.161 e. The zero-order chi connectivity index (χ0) is 16.4. The highest BCUT2D eigenvalue weighted by Crippen LogP contribution is 2.37. The molecule has 0 aliphatic carbocycles. The highest BCUT2D eigenvalue weighted by Gasteiger charge is 2.24. The largest absolute Gasteiger partial charge is 0.493 e. The van der Waals surface area contributed by atoms with Crippen LogP contribution in [-0.2, 0) is 12.8 Å². The van der Waals surface area contributed by atoms with Gasteiger partial charge in [-0.25, -0.2) is 0 Å². The summed E-state index contributed by atoms with van der Waals surface area (Å²) >= 11 is 12.7. The first-order valence-corrected chi connectivity index (χ1v) is 8.30. The number of rotatable bonds is 4. The van der Waals surface area contributed by atoms with Gasteiger partial charge in [-0.1, -0.05) is 29.3 Å². The zero-order valence-electron chi connectivity index (χ0n) is 13.2. The fourth-order valence-electron chi connectivity index (χ4n) is 3.08. The molecular formula is C18H19Cl2NO2. The van der Waals surface area contributed by atoms with Gasteiger partial charge < -0.3 is 14.8 Å². The van der Waals surface area contributed by atoms with Crippen LogP contribution in [0.5, 0.6) is 11.5 Å². The average Bonchev–Trinajstić information content (AvgIpc) is 2.57. The van der Waals surface area contributed by atoms with E-state index in [2.05, 4.69) is 17.4 Å². The second kappa shape index (κ2) is 7.00. The number of halogens is 2. The molecular weight excluding hydrogens is 333 g/mol. The first-order chi connectivity index (χ1) is 11.1. The van der Waals surface area contributed by atoms with Gasteiger partial charge in [-0.2, -0.15) is 0 Å². The number of methoxy groups -OCH3 is 2. The molecule has 1 unspecified atom stereocenters. The summed E-state index contributed by atoms with van der Waals surface area (Å²) in [5, 5.41) is 4.96. The summed E-state index contributed by atoms with van der Waals surface area (Å²) in [6.07, 6.45) is 1.70. The van der Waals surface area contributed by atoms with E-state index in [0.717, 1.165) is 36.4 Å². The zero-order valence-corrected chi connectivity index (χ0v) is 14.7. The molecule has 0 bridgehead atoms. The number of hydrogen-bond acceptors (Lipinski definition) is 3. The van der Waals surface area contributed by atoms with Crippen molar-refractivity contribution in [3.63, 3.8) is 0 Å². The summed E-state index contributed by atoms with van der Waals surface area (Å²) in [6.45, 7) is 0.912. The van der Waals surface area contributed by atoms with Crippen molar-refractivity contribution in [1.82, 2.24) is 5.32 Å². The second-order valence-electron chi connectivity index (χ2n) is 5.57. The Hall–Kier alpha value is -1.42. The van der Waals surface area contributed by atoms with Crippen LogP contribution in [0, 0.1) is 0 Å². The van der Waals surface area contributed by atoms with E-state index >= 15 is 0 Å². The number of hydrogen-bond donors (Lipinski definition) is 1. The highest BCUT2D eigenvalue weighted by molar-refractivity contribution is 6.36. The molecule has 1 atom stereocenters. The maximum absolute atomic E-state index is 6.33. The highest BCUT2D eigenvalue weighted by atomic mass is 35.5. The van der Waals surface area contributed by atoms with Gasteiger partial charge in [0.2, 0.25) is 0 Å². The molecule has 3 rings (SSSR count). The van der Waals surface area contributed by atoms with Gasteiger partial charge in [-0.15, -0.1) is 0 Å². The molecule has 2 aromatic carbocycles. The minimum absolute atomic E-state index is 0.149. The predicted molar refractivity (Wildman–Crippen MR) is 94.2 cm³/mol. The fourth-order valence-corrected chi connectivity index (χ4v) is 3.63. The van der Waals surface area contributed by atoms with E-state index < -0.39 is 0 Å². The van der Waals surface area contributed by atoms with E-state index in [4.69, 9.17) is 32.7 Å². The van der Waals surface area contributed by atoms with E-state index in [1.165, 1.54) is 11.1 Å². The van der Waals surface area contributed by atoms with Crippen LogP contribution in [0.25, 0.3) is 0 Å². The number of ether oxygens (including phenoxy) is 2. The summed E-state index contributed by atoms with van der Waals surface area (Å²) in [7, 11) is 3.31. The van der Waals surface area contributed by atoms with Gasteiger partial charge >= 0.3 is 0 Å². The molecule has 5 heteroatoms. The molecule has 0 amide bonds. The Bertz CT molecular complexity index is 698. The number of nitrogens with one attached hydrogen (secondary N) is 1. The van der Waals surface area contributed by atoms with Crippen LogP contribution in [0.15, 0.2) is 30.3 Å². The molecule has 1 heterocycles. The van der Waals surface area contributed by atoms with Gasteiger partial charge in [0.1, 0.15) is 0 Å². The van der Waals surface area contributed by atoms with Gasteiger partial charge in [-0.3, -0.25) is 0 Å². The van der Waals surface area contributed by atoms with Crippen LogP contribution in [0.3, 0.4) is 0 Å². The van der Waals surface area contributed by atoms with Crippen LogP contribution < -0.4 is 14.8 Å². The predicted octanol–water partition coefficient (Wildman–Crippen LogP) is 4.44. The molecule has 1 aliphatic heterocycles. The molecule has 0 spiro atoms. The van der Waals surface area contributed by atoms with E-state index in [1.807, 2.05) is 18.2 Å². The van der Waals surface area contributed by atoms with Crippen molar-refractivity contribution >= 4 is 23.2 Å². The van der Waals surface area contributed by atoms with Crippen LogP contribution in [-0.4, -0.2) is 20.8 Å². The lowest BCUT2D eigenvalue weighted by molar-refractivity contribution is 0.352. The molecule has 23 heavy (non-hydrogen) atoms. The fraction of sp³-hybridized carbons (Fsp3) is 0.333. The van der Waals surface area contributed by atoms with Crippen LogP contribution >= 0.6 is 23.2 Å². The molecule has 1 N–H and O–H groups in total. The topological polar surface area (TPSA) is 30.5 Å². The Kier molecular flexibility index (Phi) is 5.00. The van der Waals surface area contributed by atoms with Crippen molar-refractivity contribution in [2.75, 3.05) is 20.8 Å². The quantitative estimate of drug-likeness (QED) is 0.883. The van der Waals surface area contributed by atoms with Gasteiger partial charge in [-0.05, 0) is 60.3 Å². The molecule has 122 valence electrons. The van der Waals surface area contributed by atoms with Crippen LogP contribution in [0.2, 0.25) is 10.0 Å². The first kappa shape index (κ1) is 16.4. The molecule has 3 nitrogen and oxygen atoms in total. The lowest BCUT2D eigenvalue weighted by Crippen LogP contribution is -2.31. The summed E-state index contributed by atoms with van der Waals surface area (Å²) in [5.41, 5.74) is 3.45. The van der Waals surface area contributed by atoms with Gasteiger partial charge in [0, 0.05) is 16.1 Å². The standard InChI is InChI=1S/C18H19Cl2NO2/c1-22-17-8-11-6-7-21-16(12(11)10-18(17)23-2)9-13-14(19)4-3-5-15(13)20/h3-5,8,10,16,21H,6-7,9H2,1-2H3. The lowest BCUT2D eigenvalue weighted by atomic mass is 9.90. The Morgan fingerprint density at radius 2 is 1.74 bits per heavy atom. The third-order valence-corrected chi connectivity index (χ3v) is 4.98. The third kappa shape index (κ3) is 3.27.